The van der Waals surface area contributed by atoms with Crippen molar-refractivity contribution in [2.75, 3.05) is 31.6 Å². The number of halogens is 1. The molecule has 2 fully saturated rings. The van der Waals surface area contributed by atoms with Gasteiger partial charge >= 0.3 is 0 Å². The van der Waals surface area contributed by atoms with Crippen LogP contribution in [0.4, 0.5) is 5.69 Å². The maximum atomic E-state index is 12.2. The Morgan fingerprint density at radius 3 is 2.70 bits per heavy atom. The van der Waals surface area contributed by atoms with E-state index in [1.807, 2.05) is 13.0 Å². The van der Waals surface area contributed by atoms with Crippen LogP contribution in [0.25, 0.3) is 0 Å². The number of hydrogen-bond donors (Lipinski definition) is 2. The van der Waals surface area contributed by atoms with Gasteiger partial charge in [0.2, 0.25) is 11.8 Å². The molecule has 0 bridgehead atoms. The van der Waals surface area contributed by atoms with E-state index >= 15 is 0 Å². The summed E-state index contributed by atoms with van der Waals surface area (Å²) in [6.45, 7) is 5.67. The minimum absolute atomic E-state index is 0.138. The summed E-state index contributed by atoms with van der Waals surface area (Å²) in [5, 5.41) is 6.30. The first-order valence-electron chi connectivity index (χ1n) is 9.69. The molecule has 148 valence electrons. The normalized spacial score (nSPS) is 21.2. The van der Waals surface area contributed by atoms with Crippen LogP contribution in [-0.4, -0.2) is 55.1 Å². The molecule has 2 saturated heterocycles. The zero-order valence-electron chi connectivity index (χ0n) is 15.8. The summed E-state index contributed by atoms with van der Waals surface area (Å²) in [7, 11) is 0. The number of amides is 2. The number of carbonyl (C=O) groups excluding carboxylic acids is 2. The van der Waals surface area contributed by atoms with E-state index in [0.717, 1.165) is 57.5 Å². The largest absolute Gasteiger partial charge is 0.377 e. The molecule has 0 spiro atoms. The molecule has 3 rings (SSSR count). The lowest BCUT2D eigenvalue weighted by molar-refractivity contribution is -0.127. The minimum Gasteiger partial charge on any atom is -0.377 e. The maximum absolute atomic E-state index is 12.2. The van der Waals surface area contributed by atoms with Crippen LogP contribution < -0.4 is 10.6 Å². The molecule has 2 heterocycles. The van der Waals surface area contributed by atoms with Crippen molar-refractivity contribution in [3.8, 4) is 0 Å². The highest BCUT2D eigenvalue weighted by atomic mass is 35.5. The molecule has 1 aromatic rings. The number of aryl methyl sites for hydroxylation is 1. The van der Waals surface area contributed by atoms with Crippen LogP contribution in [0.1, 0.15) is 37.7 Å². The molecule has 7 heteroatoms. The first-order chi connectivity index (χ1) is 13.0. The Bertz CT molecular complexity index is 668. The third kappa shape index (κ3) is 6.19. The van der Waals surface area contributed by atoms with Crippen LogP contribution in [0.15, 0.2) is 18.2 Å². The number of piperidine rings is 1. The highest BCUT2D eigenvalue weighted by molar-refractivity contribution is 6.31. The second-order valence-electron chi connectivity index (χ2n) is 7.46. The number of rotatable bonds is 6. The minimum atomic E-state index is -0.325. The lowest BCUT2D eigenvalue weighted by atomic mass is 10.0. The summed E-state index contributed by atoms with van der Waals surface area (Å²) in [5.41, 5.74) is 1.55. The van der Waals surface area contributed by atoms with Gasteiger partial charge in [-0.25, -0.2) is 0 Å². The van der Waals surface area contributed by atoms with E-state index in [1.165, 1.54) is 0 Å². The van der Waals surface area contributed by atoms with Gasteiger partial charge < -0.3 is 20.3 Å². The van der Waals surface area contributed by atoms with E-state index < -0.39 is 0 Å². The van der Waals surface area contributed by atoms with Crippen molar-refractivity contribution in [2.24, 2.45) is 0 Å². The first kappa shape index (κ1) is 20.1. The summed E-state index contributed by atoms with van der Waals surface area (Å²) >= 11 is 5.96. The van der Waals surface area contributed by atoms with Crippen molar-refractivity contribution in [3.63, 3.8) is 0 Å². The topological polar surface area (TPSA) is 70.7 Å². The predicted octanol–water partition coefficient (Wildman–Crippen LogP) is 2.74. The fourth-order valence-corrected chi connectivity index (χ4v) is 3.86. The molecule has 27 heavy (non-hydrogen) atoms. The van der Waals surface area contributed by atoms with Crippen molar-refractivity contribution < 1.29 is 14.3 Å². The van der Waals surface area contributed by atoms with E-state index in [9.17, 15) is 9.59 Å². The summed E-state index contributed by atoms with van der Waals surface area (Å²) in [4.78, 5) is 26.7. The molecule has 0 aromatic heterocycles. The average molecular weight is 394 g/mol. The molecule has 2 amide bonds. The van der Waals surface area contributed by atoms with E-state index in [0.29, 0.717) is 16.8 Å². The number of anilines is 1. The lowest BCUT2D eigenvalue weighted by Crippen LogP contribution is -2.46. The smallest absolute Gasteiger partial charge is 0.233 e. The van der Waals surface area contributed by atoms with Crippen LogP contribution in [0.5, 0.6) is 0 Å². The second kappa shape index (κ2) is 9.53. The molecule has 1 aromatic carbocycles. The fourth-order valence-electron chi connectivity index (χ4n) is 3.68. The molecule has 1 unspecified atom stereocenters. The summed E-state index contributed by atoms with van der Waals surface area (Å²) in [6.07, 6.45) is 4.32. The fraction of sp³-hybridized carbons (Fsp3) is 0.600. The van der Waals surface area contributed by atoms with Crippen molar-refractivity contribution in [1.82, 2.24) is 10.2 Å². The second-order valence-corrected chi connectivity index (χ2v) is 7.90. The molecule has 2 aliphatic rings. The van der Waals surface area contributed by atoms with Crippen LogP contribution in [0.2, 0.25) is 5.02 Å². The van der Waals surface area contributed by atoms with Gasteiger partial charge in [-0.05, 0) is 50.3 Å². The van der Waals surface area contributed by atoms with Gasteiger partial charge in [-0.15, -0.1) is 0 Å². The quantitative estimate of drug-likeness (QED) is 0.729. The lowest BCUT2D eigenvalue weighted by Gasteiger charge is -2.33. The number of nitrogens with zero attached hydrogens (tertiary/aromatic N) is 1. The van der Waals surface area contributed by atoms with Gasteiger partial charge in [0, 0.05) is 43.0 Å². The van der Waals surface area contributed by atoms with E-state index in [2.05, 4.69) is 15.5 Å². The number of ether oxygens (including phenoxy) is 1. The zero-order chi connectivity index (χ0) is 19.2. The van der Waals surface area contributed by atoms with Gasteiger partial charge in [0.25, 0.3) is 0 Å². The highest BCUT2D eigenvalue weighted by Gasteiger charge is 2.25. The number of carbonyl (C=O) groups is 2. The Balaban J connectivity index is 1.38. The molecule has 2 N–H and O–H groups in total. The predicted molar refractivity (Wildman–Crippen MR) is 106 cm³/mol. The summed E-state index contributed by atoms with van der Waals surface area (Å²) in [6, 6.07) is 5.43. The van der Waals surface area contributed by atoms with E-state index in [-0.39, 0.29) is 24.3 Å². The summed E-state index contributed by atoms with van der Waals surface area (Å²) < 4.78 is 5.69. The van der Waals surface area contributed by atoms with E-state index in [1.54, 1.807) is 12.1 Å². The van der Waals surface area contributed by atoms with Crippen molar-refractivity contribution in [1.29, 1.82) is 0 Å². The third-order valence-corrected chi connectivity index (χ3v) is 5.47. The molecular weight excluding hydrogens is 366 g/mol. The number of nitrogens with one attached hydrogen (secondary N) is 2. The highest BCUT2D eigenvalue weighted by Crippen LogP contribution is 2.20. The van der Waals surface area contributed by atoms with Gasteiger partial charge in [0.15, 0.2) is 0 Å². The molecular formula is C20H28ClN3O3. The maximum Gasteiger partial charge on any atom is 0.233 e. The van der Waals surface area contributed by atoms with Gasteiger partial charge in [-0.1, -0.05) is 17.7 Å². The Kier molecular flexibility index (Phi) is 7.10. The van der Waals surface area contributed by atoms with Crippen LogP contribution in [0, 0.1) is 6.92 Å². The van der Waals surface area contributed by atoms with Gasteiger partial charge in [0.1, 0.15) is 6.42 Å². The van der Waals surface area contributed by atoms with Gasteiger partial charge in [-0.2, -0.15) is 0 Å². The molecule has 6 nitrogen and oxygen atoms in total. The van der Waals surface area contributed by atoms with Gasteiger partial charge in [0.05, 0.1) is 6.10 Å². The van der Waals surface area contributed by atoms with E-state index in [4.69, 9.17) is 16.3 Å². The van der Waals surface area contributed by atoms with Crippen molar-refractivity contribution in [2.45, 2.75) is 51.2 Å². The van der Waals surface area contributed by atoms with Crippen LogP contribution >= 0.6 is 11.6 Å². The Morgan fingerprint density at radius 1 is 1.22 bits per heavy atom. The molecule has 0 saturated carbocycles. The van der Waals surface area contributed by atoms with Gasteiger partial charge in [-0.3, -0.25) is 9.59 Å². The molecule has 2 aliphatic heterocycles. The van der Waals surface area contributed by atoms with Crippen LogP contribution in [0.3, 0.4) is 0 Å². The Labute approximate surface area is 165 Å². The summed E-state index contributed by atoms with van der Waals surface area (Å²) in [5.74, 6) is -0.557. The number of benzene rings is 1. The zero-order valence-corrected chi connectivity index (χ0v) is 16.6. The molecule has 0 aliphatic carbocycles. The Morgan fingerprint density at radius 2 is 2.00 bits per heavy atom. The van der Waals surface area contributed by atoms with Crippen LogP contribution in [-0.2, 0) is 14.3 Å². The molecule has 1 atom stereocenters. The third-order valence-electron chi connectivity index (χ3n) is 5.23. The molecule has 0 radical (unpaired) electrons. The number of likely N-dealkylation sites (tertiary alicyclic amines) is 1. The monoisotopic (exact) mass is 393 g/mol. The standard InChI is InChI=1S/C20H28ClN3O3/c1-14-4-5-15(21)11-18(14)23-20(26)12-19(25)22-16-6-8-24(9-7-16)13-17-3-2-10-27-17/h4-5,11,16-17H,2-3,6-10,12-13H2,1H3,(H,22,25)(H,23,26). The first-order valence-corrected chi connectivity index (χ1v) is 10.1. The average Bonchev–Trinajstić information content (AvgIpc) is 3.13. The van der Waals surface area contributed by atoms with Crippen molar-refractivity contribution in [3.05, 3.63) is 28.8 Å². The number of hydrogen-bond acceptors (Lipinski definition) is 4. The van der Waals surface area contributed by atoms with Crippen molar-refractivity contribution >= 4 is 29.1 Å². The SMILES string of the molecule is Cc1ccc(Cl)cc1NC(=O)CC(=O)NC1CCN(CC2CCCO2)CC1. The Hall–Kier alpha value is -1.63.